The molecule has 0 bridgehead atoms. The minimum absolute atomic E-state index is 0.0203. The molecular weight excluding hydrogens is 350 g/mol. The fourth-order valence-electron chi connectivity index (χ4n) is 3.20. The monoisotopic (exact) mass is 367 g/mol. The lowest BCUT2D eigenvalue weighted by Crippen LogP contribution is -2.29. The van der Waals surface area contributed by atoms with Crippen LogP contribution in [0.1, 0.15) is 28.2 Å². The summed E-state index contributed by atoms with van der Waals surface area (Å²) in [7, 11) is 0. The molecule has 2 N–H and O–H groups in total. The van der Waals surface area contributed by atoms with E-state index in [9.17, 15) is 5.11 Å². The number of pyridine rings is 1. The zero-order valence-corrected chi connectivity index (χ0v) is 15.2. The number of thiophene rings is 1. The molecule has 1 fully saturated rings. The molecule has 2 aromatic heterocycles. The first kappa shape index (κ1) is 16.1. The third-order valence-electron chi connectivity index (χ3n) is 4.40. The van der Waals surface area contributed by atoms with Crippen molar-refractivity contribution < 1.29 is 5.11 Å². The number of aromatic nitrogens is 1. The standard InChI is InChI=1S/C19H17N3OS2/c1-12-9-11-25-18(12)17-16(15-4-2-3-10-20-15)21-19(24)22(17)13-5-7-14(23)8-6-13/h2-11,16-17,23H,1H3,(H,21,24)/t16-,17-/m0/s1. The van der Waals surface area contributed by atoms with Crippen LogP contribution in [0.2, 0.25) is 0 Å². The van der Waals surface area contributed by atoms with E-state index in [1.54, 1.807) is 23.5 Å². The lowest BCUT2D eigenvalue weighted by Gasteiger charge is -2.27. The maximum absolute atomic E-state index is 9.61. The smallest absolute Gasteiger partial charge is 0.174 e. The largest absolute Gasteiger partial charge is 0.508 e. The molecule has 126 valence electrons. The first-order chi connectivity index (χ1) is 12.1. The first-order valence-electron chi connectivity index (χ1n) is 7.99. The molecule has 0 aliphatic carbocycles. The third kappa shape index (κ3) is 2.88. The van der Waals surface area contributed by atoms with Gasteiger partial charge in [0.25, 0.3) is 0 Å². The molecule has 4 rings (SSSR count). The van der Waals surface area contributed by atoms with Gasteiger partial charge >= 0.3 is 0 Å². The highest BCUT2D eigenvalue weighted by Gasteiger charge is 2.41. The van der Waals surface area contributed by atoms with Gasteiger partial charge in [0.15, 0.2) is 5.11 Å². The number of anilines is 1. The van der Waals surface area contributed by atoms with Crippen molar-refractivity contribution in [2.75, 3.05) is 4.90 Å². The number of phenols is 1. The van der Waals surface area contributed by atoms with Crippen molar-refractivity contribution in [1.82, 2.24) is 10.3 Å². The van der Waals surface area contributed by atoms with Crippen LogP contribution in [0, 0.1) is 6.92 Å². The fourth-order valence-corrected chi connectivity index (χ4v) is 4.60. The predicted octanol–water partition coefficient (Wildman–Crippen LogP) is 4.33. The number of nitrogens with zero attached hydrogens (tertiary/aromatic N) is 2. The summed E-state index contributed by atoms with van der Waals surface area (Å²) in [5.74, 6) is 0.243. The number of hydrogen-bond donors (Lipinski definition) is 2. The Balaban J connectivity index is 1.83. The van der Waals surface area contributed by atoms with Gasteiger partial charge in [-0.1, -0.05) is 6.07 Å². The molecule has 0 radical (unpaired) electrons. The summed E-state index contributed by atoms with van der Waals surface area (Å²) in [5, 5.41) is 15.8. The number of rotatable bonds is 3. The van der Waals surface area contributed by atoms with E-state index in [-0.39, 0.29) is 17.8 Å². The van der Waals surface area contributed by atoms with Gasteiger partial charge in [-0.05, 0) is 72.5 Å². The second-order valence-electron chi connectivity index (χ2n) is 5.98. The second-order valence-corrected chi connectivity index (χ2v) is 7.32. The maximum atomic E-state index is 9.61. The van der Waals surface area contributed by atoms with E-state index < -0.39 is 0 Å². The lowest BCUT2D eigenvalue weighted by molar-refractivity contribution is 0.475. The van der Waals surface area contributed by atoms with Gasteiger partial charge in [-0.15, -0.1) is 11.3 Å². The van der Waals surface area contributed by atoms with E-state index >= 15 is 0 Å². The Morgan fingerprint density at radius 2 is 1.96 bits per heavy atom. The van der Waals surface area contributed by atoms with Gasteiger partial charge in [-0.3, -0.25) is 4.98 Å². The quantitative estimate of drug-likeness (QED) is 0.675. The predicted molar refractivity (Wildman–Crippen MR) is 105 cm³/mol. The molecule has 0 spiro atoms. The molecule has 3 aromatic rings. The van der Waals surface area contributed by atoms with Crippen molar-refractivity contribution in [2.45, 2.75) is 19.0 Å². The summed E-state index contributed by atoms with van der Waals surface area (Å²) in [4.78, 5) is 7.92. The summed E-state index contributed by atoms with van der Waals surface area (Å²) >= 11 is 7.39. The molecule has 0 saturated carbocycles. The maximum Gasteiger partial charge on any atom is 0.174 e. The van der Waals surface area contributed by atoms with E-state index in [0.717, 1.165) is 11.4 Å². The van der Waals surface area contributed by atoms with Crippen molar-refractivity contribution in [2.24, 2.45) is 0 Å². The molecule has 0 amide bonds. The summed E-state index contributed by atoms with van der Waals surface area (Å²) in [6.07, 6.45) is 1.81. The molecule has 6 heteroatoms. The Hall–Kier alpha value is -2.44. The second kappa shape index (κ2) is 6.46. The average molecular weight is 367 g/mol. The van der Waals surface area contributed by atoms with E-state index in [1.807, 2.05) is 36.5 Å². The molecule has 2 atom stereocenters. The van der Waals surface area contributed by atoms with E-state index in [2.05, 4.69) is 33.6 Å². The minimum atomic E-state index is -0.0279. The lowest BCUT2D eigenvalue weighted by atomic mass is 10.0. The van der Waals surface area contributed by atoms with Crippen LogP contribution >= 0.6 is 23.6 Å². The Labute approximate surface area is 155 Å². The Morgan fingerprint density at radius 3 is 2.60 bits per heavy atom. The van der Waals surface area contributed by atoms with E-state index in [1.165, 1.54) is 10.4 Å². The highest BCUT2D eigenvalue weighted by Crippen LogP contribution is 2.44. The van der Waals surface area contributed by atoms with Crippen molar-refractivity contribution in [1.29, 1.82) is 0 Å². The molecule has 25 heavy (non-hydrogen) atoms. The average Bonchev–Trinajstić information content (AvgIpc) is 3.19. The molecule has 0 unspecified atom stereocenters. The summed E-state index contributed by atoms with van der Waals surface area (Å²) in [6, 6.07) is 15.2. The van der Waals surface area contributed by atoms with Crippen LogP contribution in [0.4, 0.5) is 5.69 Å². The van der Waals surface area contributed by atoms with Gasteiger partial charge in [-0.2, -0.15) is 0 Å². The van der Waals surface area contributed by atoms with Crippen molar-refractivity contribution in [3.8, 4) is 5.75 Å². The third-order valence-corrected chi connectivity index (χ3v) is 5.80. The van der Waals surface area contributed by atoms with Gasteiger partial charge in [0, 0.05) is 16.8 Å². The number of aryl methyl sites for hydroxylation is 1. The van der Waals surface area contributed by atoms with Crippen molar-refractivity contribution >= 4 is 34.4 Å². The normalized spacial score (nSPS) is 19.9. The molecule has 1 aliphatic heterocycles. The van der Waals surface area contributed by atoms with Crippen LogP contribution in [0.3, 0.4) is 0 Å². The number of hydrogen-bond acceptors (Lipinski definition) is 4. The highest BCUT2D eigenvalue weighted by atomic mass is 32.1. The number of benzene rings is 1. The van der Waals surface area contributed by atoms with Crippen molar-refractivity contribution in [3.05, 3.63) is 76.2 Å². The highest BCUT2D eigenvalue weighted by molar-refractivity contribution is 7.80. The Kier molecular flexibility index (Phi) is 4.15. The van der Waals surface area contributed by atoms with Gasteiger partial charge in [0.05, 0.1) is 17.8 Å². The molecule has 1 saturated heterocycles. The van der Waals surface area contributed by atoms with Gasteiger partial charge < -0.3 is 15.3 Å². The molecular formula is C19H17N3OS2. The van der Waals surface area contributed by atoms with Gasteiger partial charge in [-0.25, -0.2) is 0 Å². The van der Waals surface area contributed by atoms with Crippen LogP contribution in [-0.4, -0.2) is 15.2 Å². The molecule has 1 aliphatic rings. The van der Waals surface area contributed by atoms with Crippen LogP contribution < -0.4 is 10.2 Å². The van der Waals surface area contributed by atoms with Crippen molar-refractivity contribution in [3.63, 3.8) is 0 Å². The van der Waals surface area contributed by atoms with Gasteiger partial charge in [0.2, 0.25) is 0 Å². The summed E-state index contributed by atoms with van der Waals surface area (Å²) in [5.41, 5.74) is 3.15. The Morgan fingerprint density at radius 1 is 1.16 bits per heavy atom. The zero-order chi connectivity index (χ0) is 17.4. The van der Waals surface area contributed by atoms with Crippen LogP contribution in [0.5, 0.6) is 5.75 Å². The minimum Gasteiger partial charge on any atom is -0.508 e. The van der Waals surface area contributed by atoms with E-state index in [0.29, 0.717) is 5.11 Å². The molecule has 4 nitrogen and oxygen atoms in total. The number of aromatic hydroxyl groups is 1. The first-order valence-corrected chi connectivity index (χ1v) is 9.27. The van der Waals surface area contributed by atoms with Crippen LogP contribution in [-0.2, 0) is 0 Å². The zero-order valence-electron chi connectivity index (χ0n) is 13.6. The Bertz CT molecular complexity index is 893. The van der Waals surface area contributed by atoms with Crippen LogP contribution in [0.15, 0.2) is 60.1 Å². The number of thiocarbonyl (C=S) groups is 1. The van der Waals surface area contributed by atoms with Gasteiger partial charge in [0.1, 0.15) is 5.75 Å². The van der Waals surface area contributed by atoms with Crippen LogP contribution in [0.25, 0.3) is 0 Å². The van der Waals surface area contributed by atoms with E-state index in [4.69, 9.17) is 12.2 Å². The number of phenolic OH excluding ortho intramolecular Hbond substituents is 1. The summed E-state index contributed by atoms with van der Waals surface area (Å²) < 4.78 is 0. The SMILES string of the molecule is Cc1ccsc1[C@@H]1[C@H](c2ccccn2)NC(=S)N1c1ccc(O)cc1. The molecule has 1 aromatic carbocycles. The summed E-state index contributed by atoms with van der Waals surface area (Å²) in [6.45, 7) is 2.12. The fraction of sp³-hybridized carbons (Fsp3) is 0.158. The topological polar surface area (TPSA) is 48.4 Å². The molecule has 3 heterocycles. The number of nitrogens with one attached hydrogen (secondary N) is 1.